The number of aryl methyl sites for hydroxylation is 2. The number of rotatable bonds is 3. The first-order chi connectivity index (χ1) is 24.8. The van der Waals surface area contributed by atoms with Gasteiger partial charge in [-0.1, -0.05) is 12.1 Å². The van der Waals surface area contributed by atoms with Crippen LogP contribution in [-0.4, -0.2) is 38.8 Å². The molecule has 8 rings (SSSR count). The zero-order valence-corrected chi connectivity index (χ0v) is 29.5. The summed E-state index contributed by atoms with van der Waals surface area (Å²) >= 11 is 0. The fourth-order valence-electron chi connectivity index (χ4n) is 6.39. The van der Waals surface area contributed by atoms with Gasteiger partial charge >= 0.3 is 11.9 Å². The fourth-order valence-corrected chi connectivity index (χ4v) is 6.39. The number of fused-ring (bicyclic) bond motifs is 4. The highest BCUT2D eigenvalue weighted by Gasteiger charge is 2.30. The summed E-state index contributed by atoms with van der Waals surface area (Å²) in [6, 6.07) is 27.3. The molecule has 12 heteroatoms. The number of nitrogens with two attached hydrogens (primary N) is 1. The molecule has 2 aliphatic rings. The van der Waals surface area contributed by atoms with Crippen molar-refractivity contribution in [2.75, 3.05) is 20.9 Å². The molecule has 0 saturated heterocycles. The van der Waals surface area contributed by atoms with E-state index in [1.54, 1.807) is 21.9 Å². The second-order valence-electron chi connectivity index (χ2n) is 12.7. The summed E-state index contributed by atoms with van der Waals surface area (Å²) in [5.41, 5.74) is 14.5. The lowest BCUT2D eigenvalue weighted by molar-refractivity contribution is -0.156. The number of nitrogens with zero attached hydrogens (tertiary/aromatic N) is 4. The molecule has 0 aliphatic carbocycles. The molecule has 0 spiro atoms. The predicted octanol–water partition coefficient (Wildman–Crippen LogP) is 6.31. The summed E-state index contributed by atoms with van der Waals surface area (Å²) in [5, 5.41) is 4.97. The number of ether oxygens (including phenoxy) is 1. The van der Waals surface area contributed by atoms with Gasteiger partial charge in [-0.2, -0.15) is 0 Å². The van der Waals surface area contributed by atoms with E-state index in [1.807, 2.05) is 81.1 Å². The molecule has 2 aromatic heterocycles. The number of nitrogen functional groups attached to an aromatic ring is 1. The van der Waals surface area contributed by atoms with Crippen LogP contribution < -0.4 is 20.9 Å². The molecule has 4 aromatic carbocycles. The van der Waals surface area contributed by atoms with E-state index in [2.05, 4.69) is 37.4 Å². The Hall–Kier alpha value is -6.69. The van der Waals surface area contributed by atoms with Gasteiger partial charge in [0, 0.05) is 103 Å². The van der Waals surface area contributed by atoms with Crippen molar-refractivity contribution in [3.8, 4) is 0 Å². The van der Waals surface area contributed by atoms with E-state index in [9.17, 15) is 24.0 Å². The molecule has 0 unspecified atom stereocenters. The molecule has 0 fully saturated rings. The lowest BCUT2D eigenvalue weighted by Gasteiger charge is -2.16. The number of hydrogen-bond acceptors (Lipinski definition) is 7. The van der Waals surface area contributed by atoms with Crippen LogP contribution >= 0.6 is 0 Å². The number of benzene rings is 4. The van der Waals surface area contributed by atoms with Crippen LogP contribution in [0.3, 0.4) is 0 Å². The molecular weight excluding hydrogens is 660 g/mol. The molecule has 6 aromatic rings. The largest absolute Gasteiger partial charge is 0.399 e. The lowest BCUT2D eigenvalue weighted by atomic mass is 10.1. The quantitative estimate of drug-likeness (QED) is 0.125. The minimum absolute atomic E-state index is 0.0209. The highest BCUT2D eigenvalue weighted by molar-refractivity contribution is 6.12. The second-order valence-corrected chi connectivity index (χ2v) is 12.7. The summed E-state index contributed by atoms with van der Waals surface area (Å²) in [7, 11) is 4.02. The lowest BCUT2D eigenvalue weighted by Crippen LogP contribution is -2.22. The predicted molar refractivity (Wildman–Crippen MR) is 201 cm³/mol. The van der Waals surface area contributed by atoms with Crippen LogP contribution in [0.1, 0.15) is 52.6 Å². The number of aromatic nitrogens is 2. The van der Waals surface area contributed by atoms with Crippen molar-refractivity contribution in [1.29, 1.82) is 0 Å². The molecule has 4 heterocycles. The highest BCUT2D eigenvalue weighted by Crippen LogP contribution is 2.33. The van der Waals surface area contributed by atoms with Gasteiger partial charge in [0.15, 0.2) is 0 Å². The smallest absolute Gasteiger partial charge is 0.310 e. The Balaban J connectivity index is 0.000000152. The van der Waals surface area contributed by atoms with Crippen molar-refractivity contribution in [1.82, 2.24) is 9.13 Å². The Morgan fingerprint density at radius 2 is 1.12 bits per heavy atom. The van der Waals surface area contributed by atoms with Crippen LogP contribution in [0.15, 0.2) is 97.3 Å². The summed E-state index contributed by atoms with van der Waals surface area (Å²) < 4.78 is 8.10. The second kappa shape index (κ2) is 14.3. The van der Waals surface area contributed by atoms with Crippen molar-refractivity contribution in [2.45, 2.75) is 33.9 Å². The van der Waals surface area contributed by atoms with Gasteiger partial charge in [-0.05, 0) is 83.9 Å². The molecule has 0 atom stereocenters. The van der Waals surface area contributed by atoms with Gasteiger partial charge < -0.3 is 34.7 Å². The van der Waals surface area contributed by atoms with E-state index in [-0.39, 0.29) is 17.7 Å². The minimum Gasteiger partial charge on any atom is -0.399 e. The number of amides is 3. The van der Waals surface area contributed by atoms with Crippen molar-refractivity contribution >= 4 is 74.2 Å². The van der Waals surface area contributed by atoms with Gasteiger partial charge in [0.05, 0.1) is 13.1 Å². The maximum Gasteiger partial charge on any atom is 0.310 e. The van der Waals surface area contributed by atoms with Crippen molar-refractivity contribution in [3.05, 3.63) is 120 Å². The molecule has 3 N–H and O–H groups in total. The topological polar surface area (TPSA) is 149 Å². The monoisotopic (exact) mass is 698 g/mol. The number of anilines is 4. The number of carbonyl (C=O) groups is 5. The number of hydrogen-bond donors (Lipinski definition) is 2. The van der Waals surface area contributed by atoms with Crippen LogP contribution in [0.25, 0.3) is 21.8 Å². The first-order valence-corrected chi connectivity index (χ1v) is 16.5. The maximum atomic E-state index is 12.8. The molecule has 0 bridgehead atoms. The van der Waals surface area contributed by atoms with E-state index in [4.69, 9.17) is 5.73 Å². The third kappa shape index (κ3) is 7.26. The molecule has 264 valence electrons. The minimum atomic E-state index is -0.562. The van der Waals surface area contributed by atoms with Gasteiger partial charge in [-0.3, -0.25) is 24.0 Å². The number of nitrogens with one attached hydrogen (secondary N) is 1. The van der Waals surface area contributed by atoms with E-state index < -0.39 is 11.9 Å². The van der Waals surface area contributed by atoms with E-state index in [0.717, 1.165) is 44.3 Å². The average Bonchev–Trinajstić information content (AvgIpc) is 3.84. The first-order valence-electron chi connectivity index (χ1n) is 16.5. The Bertz CT molecular complexity index is 2390. The van der Waals surface area contributed by atoms with Crippen LogP contribution in [0, 0.1) is 0 Å². The Kier molecular flexibility index (Phi) is 9.65. The van der Waals surface area contributed by atoms with Crippen molar-refractivity contribution in [3.63, 3.8) is 0 Å². The molecule has 2 aliphatic heterocycles. The van der Waals surface area contributed by atoms with E-state index in [1.165, 1.54) is 20.8 Å². The van der Waals surface area contributed by atoms with Crippen LogP contribution in [0.2, 0.25) is 0 Å². The van der Waals surface area contributed by atoms with E-state index >= 15 is 0 Å². The average molecular weight is 699 g/mol. The van der Waals surface area contributed by atoms with Crippen LogP contribution in [0.5, 0.6) is 0 Å². The summed E-state index contributed by atoms with van der Waals surface area (Å²) in [5.74, 6) is -1.29. The first kappa shape index (κ1) is 35.1. The Morgan fingerprint density at radius 1 is 0.635 bits per heavy atom. The Morgan fingerprint density at radius 3 is 1.58 bits per heavy atom. The van der Waals surface area contributed by atoms with Gasteiger partial charge in [0.25, 0.3) is 11.8 Å². The zero-order chi connectivity index (χ0) is 37.3. The third-order valence-electron chi connectivity index (χ3n) is 8.82. The summed E-state index contributed by atoms with van der Waals surface area (Å²) in [4.78, 5) is 59.7. The molecule has 0 saturated carbocycles. The van der Waals surface area contributed by atoms with Gasteiger partial charge in [0.2, 0.25) is 5.91 Å². The Labute approximate surface area is 300 Å². The molecule has 0 radical (unpaired) electrons. The summed E-state index contributed by atoms with van der Waals surface area (Å²) in [6.45, 7) is 4.97. The van der Waals surface area contributed by atoms with E-state index in [0.29, 0.717) is 35.6 Å². The van der Waals surface area contributed by atoms with Gasteiger partial charge in [-0.15, -0.1) is 0 Å². The normalized spacial score (nSPS) is 12.9. The number of esters is 2. The molecule has 12 nitrogen and oxygen atoms in total. The number of carbonyl (C=O) groups excluding carboxylic acids is 5. The maximum absolute atomic E-state index is 12.8. The van der Waals surface area contributed by atoms with Gasteiger partial charge in [-0.25, -0.2) is 0 Å². The standard InChI is InChI=1S/C19H17N3O2.C17H15N3O.C4H6O3/c1-12(23)20-15-4-3-14-11-22(19(24)17(14)10-15)16-5-6-18-13(9-16)7-8-21(18)2;1-19-7-6-11-8-14(4-5-16(11)19)20-10-12-2-3-13(18)9-15(12)17(20)21;1-3(5)7-4(2)6/h3-10H,11H2,1-2H3,(H,20,23);2-9H,10,18H2,1H3;1-2H3. The SMILES string of the molecule is CC(=O)Nc1ccc2c(c1)C(=O)N(c1ccc3c(ccn3C)c1)C2.CC(=O)OC(C)=O.Cn1ccc2cc(N3Cc4ccc(N)cc4C3=O)ccc21. The van der Waals surface area contributed by atoms with Gasteiger partial charge in [0.1, 0.15) is 0 Å². The fraction of sp³-hybridized carbons (Fsp3) is 0.175. The molecule has 3 amide bonds. The van der Waals surface area contributed by atoms with Crippen molar-refractivity contribution in [2.24, 2.45) is 14.1 Å². The third-order valence-corrected chi connectivity index (χ3v) is 8.82. The summed E-state index contributed by atoms with van der Waals surface area (Å²) in [6.07, 6.45) is 4.03. The van der Waals surface area contributed by atoms with Crippen LogP contribution in [-0.2, 0) is 46.3 Å². The highest BCUT2D eigenvalue weighted by atomic mass is 16.6. The molecule has 52 heavy (non-hydrogen) atoms. The van der Waals surface area contributed by atoms with Crippen molar-refractivity contribution < 1.29 is 28.7 Å². The zero-order valence-electron chi connectivity index (χ0n) is 29.5. The van der Waals surface area contributed by atoms with Crippen LogP contribution in [0.4, 0.5) is 22.7 Å². The molecular formula is C40H38N6O6.